The molecule has 0 atom stereocenters. The normalized spacial score (nSPS) is 15.5. The molecule has 170 valence electrons. The van der Waals surface area contributed by atoms with Gasteiger partial charge in [-0.2, -0.15) is 13.2 Å². The molecule has 1 heterocycles. The molecule has 1 aromatic carbocycles. The van der Waals surface area contributed by atoms with Crippen LogP contribution in [0.2, 0.25) is 0 Å². The zero-order valence-corrected chi connectivity index (χ0v) is 19.5. The molecule has 30 heavy (non-hydrogen) atoms. The summed E-state index contributed by atoms with van der Waals surface area (Å²) < 4.78 is 46.1. The van der Waals surface area contributed by atoms with Crippen molar-refractivity contribution in [2.75, 3.05) is 33.4 Å². The Hall–Kier alpha value is -1.56. The van der Waals surface area contributed by atoms with Crippen LogP contribution in [0.4, 0.5) is 13.2 Å². The Bertz CT molecular complexity index is 676. The lowest BCUT2D eigenvalue weighted by Crippen LogP contribution is -2.46. The molecule has 2 rings (SSSR count). The summed E-state index contributed by atoms with van der Waals surface area (Å²) in [5.41, 5.74) is 1.66. The number of carbonyl (C=O) groups excluding carboxylic acids is 1. The molecule has 1 fully saturated rings. The zero-order valence-electron chi connectivity index (χ0n) is 17.2. The van der Waals surface area contributed by atoms with Crippen LogP contribution < -0.4 is 5.32 Å². The van der Waals surface area contributed by atoms with Gasteiger partial charge in [0.25, 0.3) is 0 Å². The van der Waals surface area contributed by atoms with E-state index < -0.39 is 12.8 Å². The Morgan fingerprint density at radius 1 is 1.20 bits per heavy atom. The van der Waals surface area contributed by atoms with Gasteiger partial charge in [-0.15, -0.1) is 24.0 Å². The molecule has 0 saturated carbocycles. The predicted octanol–water partition coefficient (Wildman–Crippen LogP) is 3.73. The lowest BCUT2D eigenvalue weighted by Gasteiger charge is -2.33. The first kappa shape index (κ1) is 26.5. The second kappa shape index (κ2) is 13.0. The Kier molecular flexibility index (Phi) is 11.5. The largest absolute Gasteiger partial charge is 0.466 e. The SMILES string of the molecule is CCOC(=O)C1CCN(C(=NC)NCc2ccc(COCC(F)(F)F)cc2)CC1.I. The Labute approximate surface area is 192 Å². The van der Waals surface area contributed by atoms with E-state index in [-0.39, 0.29) is 42.5 Å². The molecule has 6 nitrogen and oxygen atoms in total. The van der Waals surface area contributed by atoms with Crippen molar-refractivity contribution in [3.05, 3.63) is 35.4 Å². The number of benzene rings is 1. The van der Waals surface area contributed by atoms with Crippen LogP contribution in [0.3, 0.4) is 0 Å². The standard InChI is InChI=1S/C20H28F3N3O3.HI/c1-3-29-18(27)17-8-10-26(11-9-17)19(24-2)25-12-15-4-6-16(7-5-15)13-28-14-20(21,22)23;/h4-7,17H,3,8-14H2,1-2H3,(H,24,25);1H. The van der Waals surface area contributed by atoms with Gasteiger partial charge in [0, 0.05) is 26.7 Å². The molecule has 0 amide bonds. The summed E-state index contributed by atoms with van der Waals surface area (Å²) in [5, 5.41) is 3.29. The minimum absolute atomic E-state index is 0. The van der Waals surface area contributed by atoms with Crippen molar-refractivity contribution in [2.45, 2.75) is 39.1 Å². The number of esters is 1. The number of nitrogens with zero attached hydrogens (tertiary/aromatic N) is 2. The highest BCUT2D eigenvalue weighted by atomic mass is 127. The van der Waals surface area contributed by atoms with E-state index in [2.05, 4.69) is 19.9 Å². The highest BCUT2D eigenvalue weighted by Gasteiger charge is 2.28. The maximum atomic E-state index is 12.1. The Morgan fingerprint density at radius 3 is 2.33 bits per heavy atom. The van der Waals surface area contributed by atoms with Crippen molar-refractivity contribution in [2.24, 2.45) is 10.9 Å². The van der Waals surface area contributed by atoms with Crippen molar-refractivity contribution < 1.29 is 27.4 Å². The first-order valence-electron chi connectivity index (χ1n) is 9.67. The number of ether oxygens (including phenoxy) is 2. The van der Waals surface area contributed by atoms with Crippen LogP contribution in [0.5, 0.6) is 0 Å². The van der Waals surface area contributed by atoms with E-state index in [1.807, 2.05) is 12.1 Å². The van der Waals surface area contributed by atoms with Crippen LogP contribution in [0.25, 0.3) is 0 Å². The van der Waals surface area contributed by atoms with Crippen LogP contribution >= 0.6 is 24.0 Å². The summed E-state index contributed by atoms with van der Waals surface area (Å²) in [6.45, 7) is 2.85. The quantitative estimate of drug-likeness (QED) is 0.246. The van der Waals surface area contributed by atoms with Gasteiger partial charge in [0.2, 0.25) is 0 Å². The van der Waals surface area contributed by atoms with Crippen LogP contribution in [0.15, 0.2) is 29.3 Å². The molecule has 10 heteroatoms. The summed E-state index contributed by atoms with van der Waals surface area (Å²) in [6, 6.07) is 7.20. The second-order valence-corrected chi connectivity index (χ2v) is 6.84. The fraction of sp³-hybridized carbons (Fsp3) is 0.600. The molecular weight excluding hydrogens is 514 g/mol. The third-order valence-electron chi connectivity index (χ3n) is 4.63. The summed E-state index contributed by atoms with van der Waals surface area (Å²) in [5.74, 6) is 0.565. The Morgan fingerprint density at radius 2 is 1.80 bits per heavy atom. The highest BCUT2D eigenvalue weighted by Crippen LogP contribution is 2.19. The molecule has 1 N–H and O–H groups in total. The predicted molar refractivity (Wildman–Crippen MR) is 119 cm³/mol. The number of rotatable bonds is 7. The molecule has 0 radical (unpaired) electrons. The van der Waals surface area contributed by atoms with Crippen LogP contribution in [0.1, 0.15) is 30.9 Å². The molecule has 0 spiro atoms. The fourth-order valence-corrected chi connectivity index (χ4v) is 3.14. The molecule has 1 aromatic rings. The first-order chi connectivity index (χ1) is 13.8. The number of aliphatic imine (C=N–C) groups is 1. The van der Waals surface area contributed by atoms with Gasteiger partial charge < -0.3 is 19.7 Å². The van der Waals surface area contributed by atoms with Gasteiger partial charge in [-0.05, 0) is 30.9 Å². The maximum absolute atomic E-state index is 12.1. The first-order valence-corrected chi connectivity index (χ1v) is 9.67. The molecule has 1 saturated heterocycles. The summed E-state index contributed by atoms with van der Waals surface area (Å²) in [7, 11) is 1.71. The number of hydrogen-bond donors (Lipinski definition) is 1. The van der Waals surface area contributed by atoms with E-state index >= 15 is 0 Å². The minimum atomic E-state index is -4.31. The van der Waals surface area contributed by atoms with Crippen LogP contribution in [-0.4, -0.2) is 56.4 Å². The molecular formula is C20H29F3IN3O3. The van der Waals surface area contributed by atoms with Crippen LogP contribution in [-0.2, 0) is 27.4 Å². The lowest BCUT2D eigenvalue weighted by atomic mass is 9.97. The number of halogens is 4. The zero-order chi connectivity index (χ0) is 21.3. The van der Waals surface area contributed by atoms with Gasteiger partial charge >= 0.3 is 12.1 Å². The molecule has 1 aliphatic rings. The summed E-state index contributed by atoms with van der Waals surface area (Å²) in [4.78, 5) is 18.3. The van der Waals surface area contributed by atoms with E-state index in [1.165, 1.54) is 0 Å². The highest BCUT2D eigenvalue weighted by molar-refractivity contribution is 14.0. The number of hydrogen-bond acceptors (Lipinski definition) is 4. The van der Waals surface area contributed by atoms with Gasteiger partial charge in [-0.3, -0.25) is 9.79 Å². The monoisotopic (exact) mass is 543 g/mol. The van der Waals surface area contributed by atoms with Crippen LogP contribution in [0, 0.1) is 5.92 Å². The van der Waals surface area contributed by atoms with Crippen molar-refractivity contribution >= 4 is 35.9 Å². The van der Waals surface area contributed by atoms with Gasteiger partial charge in [-0.1, -0.05) is 24.3 Å². The summed E-state index contributed by atoms with van der Waals surface area (Å²) in [6.07, 6.45) is -2.86. The van der Waals surface area contributed by atoms with E-state index in [0.717, 1.165) is 37.5 Å². The topological polar surface area (TPSA) is 63.2 Å². The molecule has 1 aliphatic heterocycles. The third-order valence-corrected chi connectivity index (χ3v) is 4.63. The molecule has 0 unspecified atom stereocenters. The number of piperidine rings is 1. The molecule has 0 aromatic heterocycles. The number of guanidine groups is 1. The van der Waals surface area contributed by atoms with Crippen molar-refractivity contribution in [3.63, 3.8) is 0 Å². The maximum Gasteiger partial charge on any atom is 0.411 e. The lowest BCUT2D eigenvalue weighted by molar-refractivity contribution is -0.176. The average molecular weight is 543 g/mol. The fourth-order valence-electron chi connectivity index (χ4n) is 3.14. The van der Waals surface area contributed by atoms with Gasteiger partial charge in [0.05, 0.1) is 19.1 Å². The smallest absolute Gasteiger partial charge is 0.411 e. The van der Waals surface area contributed by atoms with E-state index in [9.17, 15) is 18.0 Å². The number of alkyl halides is 3. The van der Waals surface area contributed by atoms with E-state index in [4.69, 9.17) is 4.74 Å². The van der Waals surface area contributed by atoms with E-state index in [1.54, 1.807) is 26.1 Å². The number of carbonyl (C=O) groups is 1. The van der Waals surface area contributed by atoms with Gasteiger partial charge in [-0.25, -0.2) is 0 Å². The molecule has 0 aliphatic carbocycles. The third kappa shape index (κ3) is 9.07. The summed E-state index contributed by atoms with van der Waals surface area (Å²) >= 11 is 0. The minimum Gasteiger partial charge on any atom is -0.466 e. The van der Waals surface area contributed by atoms with Gasteiger partial charge in [0.15, 0.2) is 5.96 Å². The second-order valence-electron chi connectivity index (χ2n) is 6.84. The van der Waals surface area contributed by atoms with E-state index in [0.29, 0.717) is 18.7 Å². The molecule has 0 bridgehead atoms. The average Bonchev–Trinajstić information content (AvgIpc) is 2.69. The number of nitrogens with one attached hydrogen (secondary N) is 1. The van der Waals surface area contributed by atoms with Crippen molar-refractivity contribution in [1.82, 2.24) is 10.2 Å². The van der Waals surface area contributed by atoms with Crippen molar-refractivity contribution in [3.8, 4) is 0 Å². The van der Waals surface area contributed by atoms with Gasteiger partial charge in [0.1, 0.15) is 6.61 Å². The van der Waals surface area contributed by atoms with Crippen molar-refractivity contribution in [1.29, 1.82) is 0 Å². The Balaban J connectivity index is 0.00000450. The number of likely N-dealkylation sites (tertiary alicyclic amines) is 1.